The summed E-state index contributed by atoms with van der Waals surface area (Å²) in [4.78, 5) is 17.4. The Balaban J connectivity index is 2.85. The van der Waals surface area contributed by atoms with Crippen LogP contribution in [0.4, 0.5) is 0 Å². The van der Waals surface area contributed by atoms with Crippen molar-refractivity contribution in [2.75, 3.05) is 20.8 Å². The molecule has 1 aromatic rings. The highest BCUT2D eigenvalue weighted by atomic mass is 16.5. The molecule has 15 heavy (non-hydrogen) atoms. The van der Waals surface area contributed by atoms with Gasteiger partial charge in [-0.05, 0) is 6.42 Å². The molecule has 0 N–H and O–H groups in total. The van der Waals surface area contributed by atoms with E-state index in [0.717, 1.165) is 5.56 Å². The first-order chi connectivity index (χ1) is 7.31. The second kappa shape index (κ2) is 5.78. The van der Waals surface area contributed by atoms with Gasteiger partial charge in [0.25, 0.3) is 0 Å². The third kappa shape index (κ3) is 3.07. The Morgan fingerprint density at radius 1 is 1.47 bits per heavy atom. The molecule has 5 nitrogen and oxygen atoms in total. The summed E-state index contributed by atoms with van der Waals surface area (Å²) in [7, 11) is 3.11. The number of isocyanates is 1. The molecule has 0 fully saturated rings. The van der Waals surface area contributed by atoms with Gasteiger partial charge >= 0.3 is 0 Å². The zero-order valence-electron chi connectivity index (χ0n) is 8.69. The topological polar surface area (TPSA) is 60.8 Å². The summed E-state index contributed by atoms with van der Waals surface area (Å²) in [5, 5.41) is 0. The molecule has 0 saturated carbocycles. The predicted octanol–water partition coefficient (Wildman–Crippen LogP) is 0.977. The smallest absolute Gasteiger partial charge is 0.234 e. The first kappa shape index (κ1) is 11.2. The molecule has 0 aliphatic carbocycles. The summed E-state index contributed by atoms with van der Waals surface area (Å²) in [6.07, 6.45) is 3.67. The van der Waals surface area contributed by atoms with Crippen molar-refractivity contribution in [2.24, 2.45) is 4.99 Å². The van der Waals surface area contributed by atoms with Gasteiger partial charge in [0.15, 0.2) is 0 Å². The summed E-state index contributed by atoms with van der Waals surface area (Å²) < 4.78 is 10.1. The quantitative estimate of drug-likeness (QED) is 0.534. The fourth-order valence-corrected chi connectivity index (χ4v) is 1.18. The van der Waals surface area contributed by atoms with E-state index < -0.39 is 0 Å². The van der Waals surface area contributed by atoms with E-state index in [9.17, 15) is 4.79 Å². The average molecular weight is 208 g/mol. The SMILES string of the molecule is COc1cc(CCN=C=O)c(OC)cn1. The molecular weight excluding hydrogens is 196 g/mol. The maximum Gasteiger partial charge on any atom is 0.234 e. The second-order valence-electron chi connectivity index (χ2n) is 2.76. The van der Waals surface area contributed by atoms with Crippen LogP contribution in [0, 0.1) is 0 Å². The largest absolute Gasteiger partial charge is 0.495 e. The van der Waals surface area contributed by atoms with Crippen LogP contribution in [-0.4, -0.2) is 31.8 Å². The molecule has 1 aromatic heterocycles. The number of hydrogen-bond acceptors (Lipinski definition) is 5. The van der Waals surface area contributed by atoms with E-state index in [1.54, 1.807) is 26.5 Å². The van der Waals surface area contributed by atoms with Gasteiger partial charge in [-0.1, -0.05) is 0 Å². The lowest BCUT2D eigenvalue weighted by atomic mass is 10.2. The lowest BCUT2D eigenvalue weighted by molar-refractivity contribution is 0.384. The van der Waals surface area contributed by atoms with E-state index in [-0.39, 0.29) is 0 Å². The second-order valence-corrected chi connectivity index (χ2v) is 2.76. The van der Waals surface area contributed by atoms with Crippen LogP contribution < -0.4 is 9.47 Å². The number of ether oxygens (including phenoxy) is 2. The van der Waals surface area contributed by atoms with E-state index in [1.165, 1.54) is 6.08 Å². The Labute approximate surface area is 87.8 Å². The molecule has 1 heterocycles. The summed E-state index contributed by atoms with van der Waals surface area (Å²) in [5.74, 6) is 1.18. The molecule has 0 aliphatic rings. The number of hydrogen-bond donors (Lipinski definition) is 0. The van der Waals surface area contributed by atoms with Gasteiger partial charge in [-0.3, -0.25) is 0 Å². The van der Waals surface area contributed by atoms with Gasteiger partial charge in [0.05, 0.1) is 27.0 Å². The van der Waals surface area contributed by atoms with Crippen LogP contribution in [0.2, 0.25) is 0 Å². The normalized spacial score (nSPS) is 9.20. The number of pyridine rings is 1. The van der Waals surface area contributed by atoms with Crippen LogP contribution in [0.3, 0.4) is 0 Å². The van der Waals surface area contributed by atoms with Gasteiger partial charge in [0.1, 0.15) is 5.75 Å². The zero-order chi connectivity index (χ0) is 11.1. The molecule has 0 aliphatic heterocycles. The first-order valence-electron chi connectivity index (χ1n) is 4.42. The van der Waals surface area contributed by atoms with Crippen molar-refractivity contribution in [3.8, 4) is 11.6 Å². The molecule has 0 radical (unpaired) electrons. The standard InChI is InChI=1S/C10H12N2O3/c1-14-9-6-12-10(15-2)5-8(9)3-4-11-7-13/h5-6H,3-4H2,1-2H3. The highest BCUT2D eigenvalue weighted by molar-refractivity contribution is 5.36. The van der Waals surface area contributed by atoms with E-state index in [1.807, 2.05) is 0 Å². The Kier molecular flexibility index (Phi) is 4.31. The van der Waals surface area contributed by atoms with E-state index in [0.29, 0.717) is 24.6 Å². The van der Waals surface area contributed by atoms with Crippen LogP contribution >= 0.6 is 0 Å². The lowest BCUT2D eigenvalue weighted by Gasteiger charge is -2.07. The highest BCUT2D eigenvalue weighted by Gasteiger charge is 2.05. The molecule has 0 saturated heterocycles. The van der Waals surface area contributed by atoms with Crippen molar-refractivity contribution in [3.05, 3.63) is 17.8 Å². The average Bonchev–Trinajstić information content (AvgIpc) is 2.29. The lowest BCUT2D eigenvalue weighted by Crippen LogP contribution is -1.97. The van der Waals surface area contributed by atoms with E-state index >= 15 is 0 Å². The Hall–Kier alpha value is -1.87. The van der Waals surface area contributed by atoms with Crippen molar-refractivity contribution >= 4 is 6.08 Å². The molecule has 5 heteroatoms. The number of rotatable bonds is 5. The fraction of sp³-hybridized carbons (Fsp3) is 0.400. The van der Waals surface area contributed by atoms with Gasteiger partial charge in [-0.25, -0.2) is 14.8 Å². The number of aromatic nitrogens is 1. The molecule has 1 rings (SSSR count). The number of nitrogens with zero attached hydrogens (tertiary/aromatic N) is 2. The fourth-order valence-electron chi connectivity index (χ4n) is 1.18. The predicted molar refractivity (Wildman–Crippen MR) is 54.0 cm³/mol. The molecule has 80 valence electrons. The molecule has 0 unspecified atom stereocenters. The monoisotopic (exact) mass is 208 g/mol. The minimum atomic E-state index is 0.382. The van der Waals surface area contributed by atoms with Gasteiger partial charge in [0, 0.05) is 11.6 Å². The maximum atomic E-state index is 9.91. The summed E-state index contributed by atoms with van der Waals surface area (Å²) in [6.45, 7) is 0.382. The zero-order valence-corrected chi connectivity index (χ0v) is 8.69. The highest BCUT2D eigenvalue weighted by Crippen LogP contribution is 2.21. The molecular formula is C10H12N2O3. The first-order valence-corrected chi connectivity index (χ1v) is 4.42. The van der Waals surface area contributed by atoms with Crippen molar-refractivity contribution in [2.45, 2.75) is 6.42 Å². The number of carbonyl (C=O) groups excluding carboxylic acids is 1. The number of methoxy groups -OCH3 is 2. The molecule has 0 atom stereocenters. The number of aliphatic imine (C=N–C) groups is 1. The molecule has 0 bridgehead atoms. The van der Waals surface area contributed by atoms with E-state index in [2.05, 4.69) is 9.98 Å². The van der Waals surface area contributed by atoms with Crippen LogP contribution in [0.15, 0.2) is 17.3 Å². The Morgan fingerprint density at radius 3 is 2.87 bits per heavy atom. The van der Waals surface area contributed by atoms with Crippen LogP contribution in [-0.2, 0) is 11.2 Å². The van der Waals surface area contributed by atoms with Gasteiger partial charge in [-0.2, -0.15) is 0 Å². The van der Waals surface area contributed by atoms with Crippen molar-refractivity contribution < 1.29 is 14.3 Å². The molecule has 0 aromatic carbocycles. The van der Waals surface area contributed by atoms with Crippen molar-refractivity contribution in [1.82, 2.24) is 4.98 Å². The maximum absolute atomic E-state index is 9.91. The summed E-state index contributed by atoms with van der Waals surface area (Å²) >= 11 is 0. The molecule has 0 amide bonds. The van der Waals surface area contributed by atoms with Gasteiger partial charge < -0.3 is 9.47 Å². The Bertz CT molecular complexity index is 373. The van der Waals surface area contributed by atoms with Crippen LogP contribution in [0.25, 0.3) is 0 Å². The minimum Gasteiger partial charge on any atom is -0.495 e. The van der Waals surface area contributed by atoms with Crippen LogP contribution in [0.5, 0.6) is 11.6 Å². The van der Waals surface area contributed by atoms with E-state index in [4.69, 9.17) is 9.47 Å². The van der Waals surface area contributed by atoms with Crippen molar-refractivity contribution in [3.63, 3.8) is 0 Å². The summed E-state index contributed by atoms with van der Waals surface area (Å²) in [6, 6.07) is 1.76. The molecule has 0 spiro atoms. The Morgan fingerprint density at radius 2 is 2.27 bits per heavy atom. The van der Waals surface area contributed by atoms with Crippen LogP contribution in [0.1, 0.15) is 5.56 Å². The van der Waals surface area contributed by atoms with Crippen molar-refractivity contribution in [1.29, 1.82) is 0 Å². The van der Waals surface area contributed by atoms with Gasteiger partial charge in [-0.15, -0.1) is 0 Å². The third-order valence-electron chi connectivity index (χ3n) is 1.91. The minimum absolute atomic E-state index is 0.382. The van der Waals surface area contributed by atoms with Gasteiger partial charge in [0.2, 0.25) is 12.0 Å². The summed E-state index contributed by atoms with van der Waals surface area (Å²) in [5.41, 5.74) is 0.906. The third-order valence-corrected chi connectivity index (χ3v) is 1.91.